The van der Waals surface area contributed by atoms with E-state index in [1.54, 1.807) is 7.05 Å². The zero-order valence-electron chi connectivity index (χ0n) is 26.3. The van der Waals surface area contributed by atoms with E-state index < -0.39 is 63.7 Å². The number of carbonyl (C=O) groups is 1. The van der Waals surface area contributed by atoms with Gasteiger partial charge in [-0.25, -0.2) is 22.6 Å². The number of hydrogen-bond donors (Lipinski definition) is 1. The van der Waals surface area contributed by atoms with Crippen LogP contribution in [0.25, 0.3) is 5.83 Å². The molecular weight excluding hydrogens is 620 g/mol. The fourth-order valence-electron chi connectivity index (χ4n) is 3.35. The van der Waals surface area contributed by atoms with Gasteiger partial charge in [0.1, 0.15) is 17.6 Å². The average molecular weight is 660 g/mol. The second-order valence-corrected chi connectivity index (χ2v) is 8.15. The summed E-state index contributed by atoms with van der Waals surface area (Å²) in [5, 5.41) is 3.02. The topological polar surface area (TPSA) is 53.8 Å². The van der Waals surface area contributed by atoms with Crippen molar-refractivity contribution in [3.63, 3.8) is 0 Å². The molecule has 0 saturated heterocycles. The number of nitrogens with zero attached hydrogens (tertiary/aromatic N) is 2. The quantitative estimate of drug-likeness (QED) is 0.257. The van der Waals surface area contributed by atoms with E-state index in [-0.39, 0.29) is 24.5 Å². The summed E-state index contributed by atoms with van der Waals surface area (Å²) in [4.78, 5) is 18.7. The molecule has 4 nitrogen and oxygen atoms in total. The normalized spacial score (nSPS) is 14.5. The van der Waals surface area contributed by atoms with Crippen molar-refractivity contribution < 1.29 is 48.7 Å². The lowest BCUT2D eigenvalue weighted by molar-refractivity contribution is -0.143. The molecule has 0 fully saturated rings. The minimum absolute atomic E-state index is 0.0494. The molecule has 0 amide bonds. The van der Waals surface area contributed by atoms with Gasteiger partial charge in [0.05, 0.1) is 5.56 Å². The van der Waals surface area contributed by atoms with Crippen LogP contribution in [-0.4, -0.2) is 38.2 Å². The van der Waals surface area contributed by atoms with Gasteiger partial charge in [-0.3, -0.25) is 9.79 Å². The fourth-order valence-corrected chi connectivity index (χ4v) is 3.35. The Morgan fingerprint density at radius 2 is 1.49 bits per heavy atom. The van der Waals surface area contributed by atoms with E-state index in [1.807, 2.05) is 47.8 Å². The number of alkyl halides is 8. The van der Waals surface area contributed by atoms with Crippen LogP contribution in [0.15, 0.2) is 52.5 Å². The predicted molar refractivity (Wildman–Crippen MR) is 159 cm³/mol. The van der Waals surface area contributed by atoms with Gasteiger partial charge in [0.25, 0.3) is 5.92 Å². The summed E-state index contributed by atoms with van der Waals surface area (Å²) >= 11 is 0. The smallest absolute Gasteiger partial charge is 0.354 e. The van der Waals surface area contributed by atoms with E-state index >= 15 is 0 Å². The summed E-state index contributed by atoms with van der Waals surface area (Å²) < 4.78 is 134. The standard InChI is InChI=1S/C20H12F10O.C5H9N3.3C2H6/c1-18(23,24)13-7-11(2-3-12(13)9-31)17(22)8-14(19(25,26)27)10-4-5-16(21)15(6-10)20(28,29)30;1-6-5-7-3-2-4-8-5;3*1-2/h2-9,14H,1H3;3H,2,4H2,1H3,(H,6,8);3*1-2H3/b17-8-;;;;. The zero-order valence-corrected chi connectivity index (χ0v) is 26.3. The monoisotopic (exact) mass is 659 g/mol. The lowest BCUT2D eigenvalue weighted by Gasteiger charge is -2.20. The second kappa shape index (κ2) is 20.3. The number of aliphatic imine (C=N–C) groups is 2. The molecule has 14 heteroatoms. The van der Waals surface area contributed by atoms with Gasteiger partial charge in [-0.05, 0) is 29.8 Å². The summed E-state index contributed by atoms with van der Waals surface area (Å²) in [7, 11) is 1.73. The molecule has 0 bridgehead atoms. The Morgan fingerprint density at radius 3 is 1.89 bits per heavy atom. The number of allylic oxidation sites excluding steroid dienone is 1. The molecule has 1 atom stereocenters. The van der Waals surface area contributed by atoms with Gasteiger partial charge in [0.2, 0.25) is 5.96 Å². The number of guanidine groups is 1. The molecule has 1 N–H and O–H groups in total. The molecular formula is C31H39F10N3O. The largest absolute Gasteiger partial charge is 0.419 e. The predicted octanol–water partition coefficient (Wildman–Crippen LogP) is 10.5. The van der Waals surface area contributed by atoms with Gasteiger partial charge in [-0.1, -0.05) is 59.7 Å². The third-order valence-corrected chi connectivity index (χ3v) is 5.23. The Labute approximate surface area is 257 Å². The molecule has 0 aliphatic carbocycles. The van der Waals surface area contributed by atoms with Gasteiger partial charge in [0.15, 0.2) is 6.29 Å². The van der Waals surface area contributed by atoms with Gasteiger partial charge in [0, 0.05) is 49.8 Å². The number of hydrogen-bond acceptors (Lipinski definition) is 2. The van der Waals surface area contributed by atoms with Gasteiger partial charge >= 0.3 is 12.4 Å². The highest BCUT2D eigenvalue weighted by Crippen LogP contribution is 2.41. The van der Waals surface area contributed by atoms with Crippen molar-refractivity contribution in [1.82, 2.24) is 5.32 Å². The minimum atomic E-state index is -5.30. The SMILES string of the molecule is CC.CC.CC.CC(F)(F)c1cc(/C(F)=C/C(c2ccc(F)c(C(F)(F)F)c2)C(F)(F)F)ccc1C=O.CN=C1N=CCCN1. The van der Waals surface area contributed by atoms with Crippen LogP contribution >= 0.6 is 0 Å². The maximum atomic E-state index is 14.6. The maximum Gasteiger partial charge on any atom is 0.419 e. The van der Waals surface area contributed by atoms with Crippen molar-refractivity contribution in [3.8, 4) is 0 Å². The molecule has 1 heterocycles. The Morgan fingerprint density at radius 1 is 0.911 bits per heavy atom. The van der Waals surface area contributed by atoms with E-state index in [0.29, 0.717) is 19.1 Å². The Balaban J connectivity index is 0. The molecule has 1 aliphatic heterocycles. The van der Waals surface area contributed by atoms with Crippen molar-refractivity contribution in [1.29, 1.82) is 0 Å². The number of halogens is 10. The van der Waals surface area contributed by atoms with Crippen LogP contribution in [0.4, 0.5) is 43.9 Å². The Hall–Kier alpha value is -3.71. The van der Waals surface area contributed by atoms with Gasteiger partial charge < -0.3 is 5.32 Å². The van der Waals surface area contributed by atoms with Crippen LogP contribution in [0.1, 0.15) is 93.4 Å². The second-order valence-electron chi connectivity index (χ2n) is 8.15. The third-order valence-electron chi connectivity index (χ3n) is 5.23. The van der Waals surface area contributed by atoms with Gasteiger partial charge in [-0.15, -0.1) is 0 Å². The zero-order chi connectivity index (χ0) is 35.6. The summed E-state index contributed by atoms with van der Waals surface area (Å²) in [5.74, 6) is -9.32. The minimum Gasteiger partial charge on any atom is -0.354 e. The van der Waals surface area contributed by atoms with E-state index in [4.69, 9.17) is 0 Å². The number of aldehydes is 1. The summed E-state index contributed by atoms with van der Waals surface area (Å²) in [5.41, 5.74) is -5.31. The van der Waals surface area contributed by atoms with Crippen LogP contribution in [0.2, 0.25) is 0 Å². The van der Waals surface area contributed by atoms with Crippen LogP contribution < -0.4 is 5.32 Å². The molecule has 2 aromatic rings. The third kappa shape index (κ3) is 14.3. The molecule has 0 radical (unpaired) electrons. The van der Waals surface area contributed by atoms with Crippen molar-refractivity contribution in [2.75, 3.05) is 13.6 Å². The number of rotatable bonds is 5. The first-order valence-electron chi connectivity index (χ1n) is 14.0. The highest BCUT2D eigenvalue weighted by Gasteiger charge is 2.42. The van der Waals surface area contributed by atoms with E-state index in [9.17, 15) is 48.7 Å². The Bertz CT molecular complexity index is 1260. The molecule has 1 unspecified atom stereocenters. The van der Waals surface area contributed by atoms with Crippen LogP contribution in [0.5, 0.6) is 0 Å². The average Bonchev–Trinajstić information content (AvgIpc) is 3.02. The molecule has 2 aromatic carbocycles. The van der Waals surface area contributed by atoms with Crippen molar-refractivity contribution >= 4 is 24.3 Å². The van der Waals surface area contributed by atoms with Gasteiger partial charge in [-0.2, -0.15) is 26.3 Å². The highest BCUT2D eigenvalue weighted by molar-refractivity contribution is 5.89. The maximum absolute atomic E-state index is 14.6. The lowest BCUT2D eigenvalue weighted by atomic mass is 9.93. The lowest BCUT2D eigenvalue weighted by Crippen LogP contribution is -2.26. The first kappa shape index (κ1) is 43.4. The molecule has 45 heavy (non-hydrogen) atoms. The molecule has 0 aromatic heterocycles. The van der Waals surface area contributed by atoms with Crippen LogP contribution in [-0.2, 0) is 12.1 Å². The summed E-state index contributed by atoms with van der Waals surface area (Å²) in [6, 6.07) is 2.48. The highest BCUT2D eigenvalue weighted by atomic mass is 19.4. The van der Waals surface area contributed by atoms with Crippen LogP contribution in [0, 0.1) is 5.82 Å². The molecule has 254 valence electrons. The van der Waals surface area contributed by atoms with Crippen molar-refractivity contribution in [3.05, 3.63) is 76.1 Å². The van der Waals surface area contributed by atoms with E-state index in [1.165, 1.54) is 0 Å². The number of carbonyl (C=O) groups excluding carboxylic acids is 1. The summed E-state index contributed by atoms with van der Waals surface area (Å²) in [6.45, 7) is 13.4. The summed E-state index contributed by atoms with van der Waals surface area (Å²) in [6.07, 6.45) is -7.77. The number of nitrogens with one attached hydrogen (secondary N) is 1. The number of benzene rings is 2. The fraction of sp³-hybridized carbons (Fsp3) is 0.452. The molecule has 0 spiro atoms. The first-order chi connectivity index (χ1) is 21.0. The van der Waals surface area contributed by atoms with Crippen molar-refractivity contribution in [2.24, 2.45) is 9.98 Å². The first-order valence-corrected chi connectivity index (χ1v) is 14.0. The van der Waals surface area contributed by atoms with Crippen molar-refractivity contribution in [2.45, 2.75) is 79.1 Å². The Kier molecular flexibility index (Phi) is 19.6. The molecule has 0 saturated carbocycles. The molecule has 3 rings (SSSR count). The van der Waals surface area contributed by atoms with E-state index in [0.717, 1.165) is 31.1 Å². The van der Waals surface area contributed by atoms with E-state index in [2.05, 4.69) is 15.3 Å². The molecule has 1 aliphatic rings. The van der Waals surface area contributed by atoms with Crippen LogP contribution in [0.3, 0.4) is 0 Å².